The predicted octanol–water partition coefficient (Wildman–Crippen LogP) is 4.27. The number of aryl methyl sites for hydroxylation is 1. The quantitative estimate of drug-likeness (QED) is 0.881. The zero-order valence-electron chi connectivity index (χ0n) is 10.0. The first-order valence-electron chi connectivity index (χ1n) is 5.51. The van der Waals surface area contributed by atoms with Gasteiger partial charge in [0.1, 0.15) is 11.5 Å². The highest BCUT2D eigenvalue weighted by Crippen LogP contribution is 2.35. The Kier molecular flexibility index (Phi) is 3.38. The normalized spacial score (nSPS) is 11.4. The molecular formula is C14H11F3O2. The molecule has 0 fully saturated rings. The second kappa shape index (κ2) is 4.84. The first kappa shape index (κ1) is 13.3. The van der Waals surface area contributed by atoms with Crippen LogP contribution in [0.25, 0.3) is 11.1 Å². The molecular weight excluding hydrogens is 257 g/mol. The van der Waals surface area contributed by atoms with Crippen LogP contribution in [0.5, 0.6) is 11.5 Å². The summed E-state index contributed by atoms with van der Waals surface area (Å²) in [5, 5.41) is 9.52. The first-order valence-corrected chi connectivity index (χ1v) is 5.51. The Balaban J connectivity index is 2.50. The van der Waals surface area contributed by atoms with E-state index in [1.54, 1.807) is 19.1 Å². The van der Waals surface area contributed by atoms with Gasteiger partial charge in [0, 0.05) is 5.56 Å². The fourth-order valence-corrected chi connectivity index (χ4v) is 1.84. The van der Waals surface area contributed by atoms with Crippen LogP contribution in [0, 0.1) is 6.92 Å². The van der Waals surface area contributed by atoms with E-state index in [2.05, 4.69) is 4.74 Å². The number of benzene rings is 2. The van der Waals surface area contributed by atoms with Crippen molar-refractivity contribution in [3.8, 4) is 22.6 Å². The highest BCUT2D eigenvalue weighted by molar-refractivity contribution is 5.72. The van der Waals surface area contributed by atoms with Gasteiger partial charge in [-0.1, -0.05) is 24.3 Å². The second-order valence-electron chi connectivity index (χ2n) is 4.10. The SMILES string of the molecule is Cc1cc(O)cc(-c2ccccc2OC(F)(F)F)c1. The van der Waals surface area contributed by atoms with Crippen molar-refractivity contribution in [3.63, 3.8) is 0 Å². The summed E-state index contributed by atoms with van der Waals surface area (Å²) in [6.45, 7) is 1.75. The number of hydrogen-bond donors (Lipinski definition) is 1. The fourth-order valence-electron chi connectivity index (χ4n) is 1.84. The van der Waals surface area contributed by atoms with Crippen molar-refractivity contribution in [2.75, 3.05) is 0 Å². The molecule has 0 amide bonds. The monoisotopic (exact) mass is 268 g/mol. The molecule has 2 nitrogen and oxygen atoms in total. The van der Waals surface area contributed by atoms with Gasteiger partial charge in [0.2, 0.25) is 0 Å². The average molecular weight is 268 g/mol. The minimum Gasteiger partial charge on any atom is -0.508 e. The fraction of sp³-hybridized carbons (Fsp3) is 0.143. The average Bonchev–Trinajstić information content (AvgIpc) is 2.26. The lowest BCUT2D eigenvalue weighted by Crippen LogP contribution is -2.17. The zero-order chi connectivity index (χ0) is 14.0. The maximum Gasteiger partial charge on any atom is 0.573 e. The summed E-state index contributed by atoms with van der Waals surface area (Å²) in [7, 11) is 0. The summed E-state index contributed by atoms with van der Waals surface area (Å²) in [5.41, 5.74) is 1.49. The summed E-state index contributed by atoms with van der Waals surface area (Å²) in [5.74, 6) is -0.295. The number of aromatic hydroxyl groups is 1. The van der Waals surface area contributed by atoms with E-state index in [9.17, 15) is 18.3 Å². The molecule has 0 aliphatic rings. The van der Waals surface area contributed by atoms with Crippen molar-refractivity contribution >= 4 is 0 Å². The van der Waals surface area contributed by atoms with Gasteiger partial charge in [-0.05, 0) is 36.2 Å². The summed E-state index contributed by atoms with van der Waals surface area (Å²) >= 11 is 0. The molecule has 0 radical (unpaired) electrons. The van der Waals surface area contributed by atoms with Crippen LogP contribution in [0.2, 0.25) is 0 Å². The number of phenolic OH excluding ortho intramolecular Hbond substituents is 1. The number of ether oxygens (including phenoxy) is 1. The van der Waals surface area contributed by atoms with Gasteiger partial charge in [-0.25, -0.2) is 0 Å². The van der Waals surface area contributed by atoms with E-state index in [0.29, 0.717) is 5.56 Å². The zero-order valence-corrected chi connectivity index (χ0v) is 10.0. The molecule has 0 aliphatic carbocycles. The van der Waals surface area contributed by atoms with Gasteiger partial charge in [-0.3, -0.25) is 0 Å². The van der Waals surface area contributed by atoms with Gasteiger partial charge in [-0.2, -0.15) is 0 Å². The van der Waals surface area contributed by atoms with E-state index in [-0.39, 0.29) is 17.1 Å². The third-order valence-electron chi connectivity index (χ3n) is 2.49. The van der Waals surface area contributed by atoms with Crippen molar-refractivity contribution in [1.82, 2.24) is 0 Å². The van der Waals surface area contributed by atoms with Gasteiger partial charge in [0.15, 0.2) is 0 Å². The highest BCUT2D eigenvalue weighted by atomic mass is 19.4. The molecule has 2 rings (SSSR count). The van der Waals surface area contributed by atoms with E-state index in [1.165, 1.54) is 30.3 Å². The molecule has 0 aromatic heterocycles. The van der Waals surface area contributed by atoms with Crippen molar-refractivity contribution in [2.45, 2.75) is 13.3 Å². The van der Waals surface area contributed by atoms with Gasteiger partial charge >= 0.3 is 6.36 Å². The predicted molar refractivity (Wildman–Crippen MR) is 65.0 cm³/mol. The molecule has 2 aromatic rings. The van der Waals surface area contributed by atoms with Gasteiger partial charge in [0.25, 0.3) is 0 Å². The first-order chi connectivity index (χ1) is 8.85. The van der Waals surface area contributed by atoms with Crippen LogP contribution in [-0.2, 0) is 0 Å². The molecule has 100 valence electrons. The van der Waals surface area contributed by atoms with Crippen LogP contribution in [0.15, 0.2) is 42.5 Å². The molecule has 0 bridgehead atoms. The topological polar surface area (TPSA) is 29.5 Å². The van der Waals surface area contributed by atoms with Crippen LogP contribution in [0.3, 0.4) is 0 Å². The number of halogens is 3. The molecule has 1 N–H and O–H groups in total. The molecule has 2 aromatic carbocycles. The van der Waals surface area contributed by atoms with E-state index in [0.717, 1.165) is 5.56 Å². The second-order valence-corrected chi connectivity index (χ2v) is 4.10. The maximum atomic E-state index is 12.3. The van der Waals surface area contributed by atoms with E-state index >= 15 is 0 Å². The lowest BCUT2D eigenvalue weighted by atomic mass is 10.0. The molecule has 0 spiro atoms. The molecule has 0 aliphatic heterocycles. The Hall–Kier alpha value is -2.17. The van der Waals surface area contributed by atoms with Crippen molar-refractivity contribution in [1.29, 1.82) is 0 Å². The van der Waals surface area contributed by atoms with Crippen LogP contribution in [0.4, 0.5) is 13.2 Å². The number of alkyl halides is 3. The van der Waals surface area contributed by atoms with E-state index in [4.69, 9.17) is 0 Å². The molecule has 0 saturated carbocycles. The Morgan fingerprint density at radius 1 is 1.05 bits per heavy atom. The number of hydrogen-bond acceptors (Lipinski definition) is 2. The van der Waals surface area contributed by atoms with Gasteiger partial charge < -0.3 is 9.84 Å². The largest absolute Gasteiger partial charge is 0.573 e. The molecule has 19 heavy (non-hydrogen) atoms. The van der Waals surface area contributed by atoms with E-state index in [1.807, 2.05) is 0 Å². The van der Waals surface area contributed by atoms with E-state index < -0.39 is 6.36 Å². The number of rotatable bonds is 2. The number of phenols is 1. The molecule has 0 unspecified atom stereocenters. The third-order valence-corrected chi connectivity index (χ3v) is 2.49. The smallest absolute Gasteiger partial charge is 0.508 e. The molecule has 5 heteroatoms. The molecule has 0 atom stereocenters. The van der Waals surface area contributed by atoms with Gasteiger partial charge in [0.05, 0.1) is 0 Å². The highest BCUT2D eigenvalue weighted by Gasteiger charge is 2.32. The maximum absolute atomic E-state index is 12.3. The lowest BCUT2D eigenvalue weighted by Gasteiger charge is -2.13. The Morgan fingerprint density at radius 3 is 2.37 bits per heavy atom. The van der Waals surface area contributed by atoms with Crippen LogP contribution >= 0.6 is 0 Å². The van der Waals surface area contributed by atoms with Crippen LogP contribution in [0.1, 0.15) is 5.56 Å². The van der Waals surface area contributed by atoms with Crippen LogP contribution < -0.4 is 4.74 Å². The summed E-state index contributed by atoms with van der Waals surface area (Å²) in [6, 6.07) is 10.4. The minimum absolute atomic E-state index is 0.00295. The van der Waals surface area contributed by atoms with Gasteiger partial charge in [-0.15, -0.1) is 13.2 Å². The Labute approximate surface area is 108 Å². The van der Waals surface area contributed by atoms with Crippen LogP contribution in [-0.4, -0.2) is 11.5 Å². The molecule has 0 saturated heterocycles. The summed E-state index contributed by atoms with van der Waals surface area (Å²) in [6.07, 6.45) is -4.75. The third kappa shape index (κ3) is 3.40. The Morgan fingerprint density at radius 2 is 1.74 bits per heavy atom. The van der Waals surface area contributed by atoms with Crippen molar-refractivity contribution in [3.05, 3.63) is 48.0 Å². The molecule has 0 heterocycles. The standard InChI is InChI=1S/C14H11F3O2/c1-9-6-10(8-11(18)7-9)12-4-2-3-5-13(12)19-14(15,16)17/h2-8,18H,1H3. The summed E-state index contributed by atoms with van der Waals surface area (Å²) in [4.78, 5) is 0. The number of para-hydroxylation sites is 1. The van der Waals surface area contributed by atoms with Crippen molar-refractivity contribution < 1.29 is 23.0 Å². The van der Waals surface area contributed by atoms with Crippen molar-refractivity contribution in [2.24, 2.45) is 0 Å². The minimum atomic E-state index is -4.75. The summed E-state index contributed by atoms with van der Waals surface area (Å²) < 4.78 is 41.0. The Bertz CT molecular complexity index is 571. The lowest BCUT2D eigenvalue weighted by molar-refractivity contribution is -0.274.